The lowest BCUT2D eigenvalue weighted by molar-refractivity contribution is 0.491. The van der Waals surface area contributed by atoms with E-state index in [9.17, 15) is 8.78 Å². The van der Waals surface area contributed by atoms with Gasteiger partial charge in [0.25, 0.3) is 0 Å². The van der Waals surface area contributed by atoms with E-state index in [0.717, 1.165) is 6.07 Å². The molecule has 1 unspecified atom stereocenters. The van der Waals surface area contributed by atoms with Gasteiger partial charge in [0.1, 0.15) is 0 Å². The van der Waals surface area contributed by atoms with E-state index in [0.29, 0.717) is 0 Å². The Hall–Kier alpha value is -0.670. The fourth-order valence-electron chi connectivity index (χ4n) is 1.11. The second-order valence-corrected chi connectivity index (χ2v) is 3.30. The smallest absolute Gasteiger partial charge is 0.163 e. The second-order valence-electron chi connectivity index (χ2n) is 2.89. The Morgan fingerprint density at radius 2 is 2.08 bits per heavy atom. The van der Waals surface area contributed by atoms with Crippen molar-refractivity contribution in [3.8, 4) is 0 Å². The lowest BCUT2D eigenvalue weighted by Crippen LogP contribution is -2.11. The summed E-state index contributed by atoms with van der Waals surface area (Å²) in [5, 5.41) is 0.219. The van der Waals surface area contributed by atoms with Crippen molar-refractivity contribution in [2.24, 2.45) is 5.73 Å². The minimum Gasteiger partial charge on any atom is -0.330 e. The van der Waals surface area contributed by atoms with Crippen molar-refractivity contribution in [2.75, 3.05) is 6.54 Å². The van der Waals surface area contributed by atoms with E-state index < -0.39 is 11.6 Å². The minimum atomic E-state index is -0.898. The zero-order chi connectivity index (χ0) is 10.0. The molecule has 1 atom stereocenters. The third kappa shape index (κ3) is 1.98. The highest BCUT2D eigenvalue weighted by atomic mass is 35.5. The third-order valence-electron chi connectivity index (χ3n) is 1.93. The SMILES string of the molecule is CC(CN)c1c(Cl)ccc(F)c1F. The molecule has 0 aromatic heterocycles. The molecule has 0 saturated carbocycles. The highest BCUT2D eigenvalue weighted by molar-refractivity contribution is 6.31. The molecule has 13 heavy (non-hydrogen) atoms. The third-order valence-corrected chi connectivity index (χ3v) is 2.26. The summed E-state index contributed by atoms with van der Waals surface area (Å²) in [5.74, 6) is -2.06. The summed E-state index contributed by atoms with van der Waals surface area (Å²) in [6, 6.07) is 2.34. The molecule has 4 heteroatoms. The van der Waals surface area contributed by atoms with E-state index in [1.54, 1.807) is 6.92 Å². The van der Waals surface area contributed by atoms with Crippen LogP contribution in [0.3, 0.4) is 0 Å². The first-order chi connectivity index (χ1) is 6.07. The first-order valence-electron chi connectivity index (χ1n) is 3.91. The average Bonchev–Trinajstić information content (AvgIpc) is 2.12. The van der Waals surface area contributed by atoms with Crippen molar-refractivity contribution in [2.45, 2.75) is 12.8 Å². The Morgan fingerprint density at radius 1 is 1.46 bits per heavy atom. The Kier molecular flexibility index (Phi) is 3.22. The monoisotopic (exact) mass is 205 g/mol. The molecule has 0 bridgehead atoms. The Bertz CT molecular complexity index is 315. The first-order valence-corrected chi connectivity index (χ1v) is 4.29. The molecule has 0 fully saturated rings. The van der Waals surface area contributed by atoms with Crippen LogP contribution in [-0.2, 0) is 0 Å². The molecule has 0 aliphatic heterocycles. The van der Waals surface area contributed by atoms with E-state index in [1.807, 2.05) is 0 Å². The maximum atomic E-state index is 13.2. The average molecular weight is 206 g/mol. The van der Waals surface area contributed by atoms with Crippen molar-refractivity contribution in [3.05, 3.63) is 34.4 Å². The molecule has 0 radical (unpaired) electrons. The number of halogens is 3. The van der Waals surface area contributed by atoms with Crippen molar-refractivity contribution in [3.63, 3.8) is 0 Å². The molecule has 0 aliphatic carbocycles. The molecule has 0 aliphatic rings. The number of hydrogen-bond donors (Lipinski definition) is 1. The Labute approximate surface area is 80.5 Å². The standard InChI is InChI=1S/C9H10ClF2N/c1-5(4-13)8-6(10)2-3-7(11)9(8)12/h2-3,5H,4,13H2,1H3. The number of nitrogens with two attached hydrogens (primary N) is 1. The number of benzene rings is 1. The van der Waals surface area contributed by atoms with Crippen LogP contribution in [0.25, 0.3) is 0 Å². The van der Waals surface area contributed by atoms with Crippen LogP contribution >= 0.6 is 11.6 Å². The molecule has 2 N–H and O–H groups in total. The fraction of sp³-hybridized carbons (Fsp3) is 0.333. The quantitative estimate of drug-likeness (QED) is 0.739. The van der Waals surface area contributed by atoms with E-state index in [2.05, 4.69) is 0 Å². The van der Waals surface area contributed by atoms with Crippen LogP contribution in [0, 0.1) is 11.6 Å². The van der Waals surface area contributed by atoms with Crippen molar-refractivity contribution in [1.82, 2.24) is 0 Å². The van der Waals surface area contributed by atoms with Crippen LogP contribution < -0.4 is 5.73 Å². The van der Waals surface area contributed by atoms with Gasteiger partial charge in [0.05, 0.1) is 0 Å². The van der Waals surface area contributed by atoms with Crippen molar-refractivity contribution < 1.29 is 8.78 Å². The second kappa shape index (κ2) is 4.03. The van der Waals surface area contributed by atoms with Crippen LogP contribution in [0.5, 0.6) is 0 Å². The maximum absolute atomic E-state index is 13.2. The van der Waals surface area contributed by atoms with Gasteiger partial charge in [-0.2, -0.15) is 0 Å². The van der Waals surface area contributed by atoms with Crippen LogP contribution in [0.4, 0.5) is 8.78 Å². The molecular weight excluding hydrogens is 196 g/mol. The molecule has 1 aromatic carbocycles. The van der Waals surface area contributed by atoms with Gasteiger partial charge in [0.15, 0.2) is 11.6 Å². The molecule has 1 aromatic rings. The Balaban J connectivity index is 3.25. The van der Waals surface area contributed by atoms with Gasteiger partial charge in [-0.25, -0.2) is 8.78 Å². The van der Waals surface area contributed by atoms with Crippen LogP contribution in [0.15, 0.2) is 12.1 Å². The summed E-state index contributed by atoms with van der Waals surface area (Å²) >= 11 is 5.71. The van der Waals surface area contributed by atoms with Crippen LogP contribution in [-0.4, -0.2) is 6.54 Å². The highest BCUT2D eigenvalue weighted by Gasteiger charge is 2.16. The molecule has 1 nitrogen and oxygen atoms in total. The summed E-state index contributed by atoms with van der Waals surface area (Å²) in [7, 11) is 0. The van der Waals surface area contributed by atoms with Crippen molar-refractivity contribution >= 4 is 11.6 Å². The predicted octanol–water partition coefficient (Wildman–Crippen LogP) is 2.68. The van der Waals surface area contributed by atoms with E-state index in [-0.39, 0.29) is 23.0 Å². The van der Waals surface area contributed by atoms with Crippen molar-refractivity contribution in [1.29, 1.82) is 0 Å². The normalized spacial score (nSPS) is 13.0. The molecule has 1 rings (SSSR count). The van der Waals surface area contributed by atoms with Gasteiger partial charge in [-0.3, -0.25) is 0 Å². The molecule has 0 heterocycles. The number of hydrogen-bond acceptors (Lipinski definition) is 1. The Morgan fingerprint density at radius 3 is 2.62 bits per heavy atom. The molecule has 72 valence electrons. The zero-order valence-corrected chi connectivity index (χ0v) is 7.91. The highest BCUT2D eigenvalue weighted by Crippen LogP contribution is 2.27. The van der Waals surface area contributed by atoms with Gasteiger partial charge in [-0.1, -0.05) is 18.5 Å². The van der Waals surface area contributed by atoms with E-state index in [1.165, 1.54) is 6.07 Å². The fourth-order valence-corrected chi connectivity index (χ4v) is 1.44. The minimum absolute atomic E-state index is 0.157. The summed E-state index contributed by atoms with van der Waals surface area (Å²) in [6.07, 6.45) is 0. The molecule has 0 amide bonds. The first kappa shape index (κ1) is 10.4. The maximum Gasteiger partial charge on any atom is 0.163 e. The molecule has 0 spiro atoms. The van der Waals surface area contributed by atoms with Gasteiger partial charge in [0.2, 0.25) is 0 Å². The van der Waals surface area contributed by atoms with Gasteiger partial charge in [-0.05, 0) is 24.6 Å². The van der Waals surface area contributed by atoms with Gasteiger partial charge in [-0.15, -0.1) is 0 Å². The van der Waals surface area contributed by atoms with Gasteiger partial charge >= 0.3 is 0 Å². The van der Waals surface area contributed by atoms with E-state index >= 15 is 0 Å². The van der Waals surface area contributed by atoms with Gasteiger partial charge in [0, 0.05) is 10.6 Å². The summed E-state index contributed by atoms with van der Waals surface area (Å²) in [4.78, 5) is 0. The number of rotatable bonds is 2. The van der Waals surface area contributed by atoms with Crippen LogP contribution in [0.1, 0.15) is 18.4 Å². The van der Waals surface area contributed by atoms with E-state index in [4.69, 9.17) is 17.3 Å². The zero-order valence-electron chi connectivity index (χ0n) is 7.15. The molecule has 0 saturated heterocycles. The predicted molar refractivity (Wildman–Crippen MR) is 48.8 cm³/mol. The van der Waals surface area contributed by atoms with Crippen LogP contribution in [0.2, 0.25) is 5.02 Å². The lowest BCUT2D eigenvalue weighted by atomic mass is 10.0. The summed E-state index contributed by atoms with van der Waals surface area (Å²) in [5.41, 5.74) is 5.50. The summed E-state index contributed by atoms with van der Waals surface area (Å²) in [6.45, 7) is 1.93. The summed E-state index contributed by atoms with van der Waals surface area (Å²) < 4.78 is 26.0. The lowest BCUT2D eigenvalue weighted by Gasteiger charge is -2.12. The van der Waals surface area contributed by atoms with Gasteiger partial charge < -0.3 is 5.73 Å². The largest absolute Gasteiger partial charge is 0.330 e. The topological polar surface area (TPSA) is 26.0 Å². The molecular formula is C9H10ClF2N.